The minimum atomic E-state index is -0.261. The van der Waals surface area contributed by atoms with Gasteiger partial charge in [0.15, 0.2) is 0 Å². The Labute approximate surface area is 179 Å². The summed E-state index contributed by atoms with van der Waals surface area (Å²) in [4.78, 5) is 18.5. The van der Waals surface area contributed by atoms with Gasteiger partial charge in [-0.05, 0) is 43.2 Å². The molecule has 6 rings (SSSR count). The van der Waals surface area contributed by atoms with E-state index < -0.39 is 0 Å². The molecule has 1 aliphatic carbocycles. The quantitative estimate of drug-likeness (QED) is 0.512. The largest absolute Gasteiger partial charge is 0.393 e. The molecule has 0 amide bonds. The van der Waals surface area contributed by atoms with Crippen LogP contribution >= 0.6 is 0 Å². The van der Waals surface area contributed by atoms with Crippen LogP contribution in [-0.4, -0.2) is 37.8 Å². The fourth-order valence-electron chi connectivity index (χ4n) is 4.43. The number of aliphatic hydroxyl groups excluding tert-OH is 1. The number of quaternary nitrogens is 1. The summed E-state index contributed by atoms with van der Waals surface area (Å²) in [5.41, 5.74) is 5.21. The maximum Gasteiger partial charge on any atom is 0.264 e. The average molecular weight is 409 g/mol. The molecule has 0 saturated heterocycles. The van der Waals surface area contributed by atoms with Crippen LogP contribution in [0.4, 0.5) is 0 Å². The molecule has 152 valence electrons. The Kier molecular flexibility index (Phi) is 3.97. The number of nitrogens with zero attached hydrogens (tertiary/aromatic N) is 5. The summed E-state index contributed by atoms with van der Waals surface area (Å²) in [6, 6.07) is 15.9. The van der Waals surface area contributed by atoms with Crippen molar-refractivity contribution in [3.05, 3.63) is 84.1 Å². The van der Waals surface area contributed by atoms with Crippen molar-refractivity contribution in [1.82, 2.24) is 9.97 Å². The van der Waals surface area contributed by atoms with E-state index >= 15 is 0 Å². The van der Waals surface area contributed by atoms with Crippen LogP contribution in [0.3, 0.4) is 0 Å². The van der Waals surface area contributed by atoms with Gasteiger partial charge in [-0.15, -0.1) is 4.59 Å². The van der Waals surface area contributed by atoms with Gasteiger partial charge in [-0.3, -0.25) is 9.98 Å². The van der Waals surface area contributed by atoms with Gasteiger partial charge >= 0.3 is 0 Å². The van der Waals surface area contributed by atoms with E-state index in [2.05, 4.69) is 16.0 Å². The molecule has 1 unspecified atom stereocenters. The van der Waals surface area contributed by atoms with Gasteiger partial charge in [0.2, 0.25) is 5.70 Å². The van der Waals surface area contributed by atoms with Gasteiger partial charge in [-0.25, -0.2) is 4.98 Å². The van der Waals surface area contributed by atoms with Crippen LogP contribution in [-0.2, 0) is 0 Å². The number of pyridine rings is 2. The van der Waals surface area contributed by atoms with Gasteiger partial charge in [0.05, 0.1) is 41.0 Å². The van der Waals surface area contributed by atoms with E-state index in [-0.39, 0.29) is 16.6 Å². The molecule has 2 aromatic heterocycles. The summed E-state index contributed by atoms with van der Waals surface area (Å²) >= 11 is 0. The van der Waals surface area contributed by atoms with Crippen LogP contribution in [0.2, 0.25) is 0 Å². The highest BCUT2D eigenvalue weighted by Gasteiger charge is 2.47. The molecular weight excluding hydrogens is 388 g/mol. The molecule has 1 aromatic carbocycles. The fourth-order valence-corrected chi connectivity index (χ4v) is 4.43. The highest BCUT2D eigenvalue weighted by atomic mass is 16.3. The summed E-state index contributed by atoms with van der Waals surface area (Å²) in [6.45, 7) is 0. The number of nitrogens with two attached hydrogens (primary N) is 1. The highest BCUT2D eigenvalue weighted by Crippen LogP contribution is 2.42. The summed E-state index contributed by atoms with van der Waals surface area (Å²) < 4.78 is -0.0170. The maximum absolute atomic E-state index is 9.79. The van der Waals surface area contributed by atoms with E-state index in [0.717, 1.165) is 45.1 Å². The van der Waals surface area contributed by atoms with E-state index in [4.69, 9.17) is 15.8 Å². The minimum Gasteiger partial charge on any atom is -0.393 e. The lowest BCUT2D eigenvalue weighted by Crippen LogP contribution is -2.53. The molecule has 3 N–H and O–H groups in total. The third-order valence-electron chi connectivity index (χ3n) is 6.20. The molecule has 2 aliphatic heterocycles. The third kappa shape index (κ3) is 2.86. The SMILES string of the molecule is N[N+]12C=CN=CC1=C(C1CC(O)C1)N=C2c1ccc2ccc(-c3ccccn3)nc2c1. The number of rotatable bonds is 3. The van der Waals surface area contributed by atoms with E-state index in [1.54, 1.807) is 18.6 Å². The Bertz CT molecular complexity index is 1320. The van der Waals surface area contributed by atoms with Crippen LogP contribution in [0, 0.1) is 5.92 Å². The van der Waals surface area contributed by atoms with Crippen LogP contribution in [0.15, 0.2) is 88.5 Å². The fraction of sp³-hybridized carbons (Fsp3) is 0.167. The minimum absolute atomic E-state index is 0.0170. The number of aliphatic hydroxyl groups is 1. The Hall–Kier alpha value is -3.52. The lowest BCUT2D eigenvalue weighted by atomic mass is 9.79. The Morgan fingerprint density at radius 2 is 1.90 bits per heavy atom. The maximum atomic E-state index is 9.79. The molecule has 4 heterocycles. The first kappa shape index (κ1) is 18.3. The molecule has 31 heavy (non-hydrogen) atoms. The zero-order valence-electron chi connectivity index (χ0n) is 16.8. The molecule has 0 spiro atoms. The van der Waals surface area contributed by atoms with Crippen LogP contribution < -0.4 is 5.84 Å². The van der Waals surface area contributed by atoms with E-state index in [9.17, 15) is 5.11 Å². The number of fused-ring (bicyclic) bond motifs is 2. The standard InChI is InChI=1S/C24H21N6O/c25-30-10-9-26-14-22(30)23(17-11-18(31)12-17)29-24(30)16-5-4-15-6-7-20(28-21(15)13-16)19-3-1-2-8-27-19/h1-10,13-14,17-18,31H,11-12,25H2/q+1. The number of benzene rings is 1. The number of allylic oxidation sites excluding steroid dienone is 2. The zero-order chi connectivity index (χ0) is 21.0. The molecule has 0 bridgehead atoms. The number of amidine groups is 1. The summed E-state index contributed by atoms with van der Waals surface area (Å²) in [7, 11) is 0. The predicted molar refractivity (Wildman–Crippen MR) is 119 cm³/mol. The Morgan fingerprint density at radius 1 is 1.03 bits per heavy atom. The zero-order valence-corrected chi connectivity index (χ0v) is 16.8. The third-order valence-corrected chi connectivity index (χ3v) is 6.20. The molecule has 7 heteroatoms. The van der Waals surface area contributed by atoms with Gasteiger partial charge in [0.25, 0.3) is 5.84 Å². The lowest BCUT2D eigenvalue weighted by molar-refractivity contribution is -0.750. The van der Waals surface area contributed by atoms with Gasteiger partial charge in [0.1, 0.15) is 11.9 Å². The van der Waals surface area contributed by atoms with Crippen molar-refractivity contribution in [2.45, 2.75) is 18.9 Å². The second-order valence-corrected chi connectivity index (χ2v) is 8.20. The van der Waals surface area contributed by atoms with E-state index in [0.29, 0.717) is 12.8 Å². The second kappa shape index (κ2) is 6.75. The molecule has 1 atom stereocenters. The topological polar surface area (TPSA) is 96.8 Å². The van der Waals surface area contributed by atoms with Crippen molar-refractivity contribution in [2.24, 2.45) is 21.7 Å². The van der Waals surface area contributed by atoms with Crippen LogP contribution in [0.25, 0.3) is 22.3 Å². The number of hydrogen-bond acceptors (Lipinski definition) is 6. The predicted octanol–water partition coefficient (Wildman–Crippen LogP) is 3.29. The molecule has 0 radical (unpaired) electrons. The van der Waals surface area contributed by atoms with Gasteiger partial charge < -0.3 is 5.11 Å². The van der Waals surface area contributed by atoms with Crippen molar-refractivity contribution in [3.63, 3.8) is 0 Å². The molecule has 3 aromatic rings. The van der Waals surface area contributed by atoms with E-state index in [1.807, 2.05) is 48.7 Å². The molecule has 1 saturated carbocycles. The monoisotopic (exact) mass is 409 g/mol. The lowest BCUT2D eigenvalue weighted by Gasteiger charge is -2.31. The van der Waals surface area contributed by atoms with Crippen molar-refractivity contribution in [2.75, 3.05) is 0 Å². The summed E-state index contributed by atoms with van der Waals surface area (Å²) in [6.07, 6.45) is 8.26. The normalized spacial score (nSPS) is 26.7. The first-order valence-corrected chi connectivity index (χ1v) is 10.3. The van der Waals surface area contributed by atoms with E-state index in [1.165, 1.54) is 0 Å². The van der Waals surface area contributed by atoms with Crippen molar-refractivity contribution in [3.8, 4) is 11.4 Å². The number of hydrogen-bond donors (Lipinski definition) is 2. The molecule has 7 nitrogen and oxygen atoms in total. The molecule has 1 fully saturated rings. The average Bonchev–Trinajstić information content (AvgIpc) is 3.09. The van der Waals surface area contributed by atoms with Crippen molar-refractivity contribution < 1.29 is 9.70 Å². The molecular formula is C24H21N6O+. The molecule has 3 aliphatic rings. The van der Waals surface area contributed by atoms with Crippen molar-refractivity contribution >= 4 is 23.0 Å². The first-order chi connectivity index (χ1) is 15.1. The highest BCUT2D eigenvalue weighted by molar-refractivity contribution is 6.02. The van der Waals surface area contributed by atoms with Gasteiger partial charge in [0, 0.05) is 17.5 Å². The van der Waals surface area contributed by atoms with Crippen LogP contribution in [0.1, 0.15) is 18.4 Å². The smallest absolute Gasteiger partial charge is 0.264 e. The summed E-state index contributed by atoms with van der Waals surface area (Å²) in [5.74, 6) is 7.77. The number of aliphatic imine (C=N–C) groups is 2. The van der Waals surface area contributed by atoms with Gasteiger partial charge in [-0.2, -0.15) is 10.8 Å². The first-order valence-electron chi connectivity index (χ1n) is 10.3. The van der Waals surface area contributed by atoms with Crippen LogP contribution in [0.5, 0.6) is 0 Å². The Morgan fingerprint density at radius 3 is 2.71 bits per heavy atom. The Balaban J connectivity index is 1.45. The van der Waals surface area contributed by atoms with Crippen molar-refractivity contribution in [1.29, 1.82) is 0 Å². The second-order valence-electron chi connectivity index (χ2n) is 8.20. The number of aromatic nitrogens is 2. The van der Waals surface area contributed by atoms with Gasteiger partial charge in [-0.1, -0.05) is 18.2 Å². The summed E-state index contributed by atoms with van der Waals surface area (Å²) in [5, 5.41) is 10.8.